The van der Waals surface area contributed by atoms with Crippen molar-refractivity contribution in [3.8, 4) is 0 Å². The third-order valence-corrected chi connectivity index (χ3v) is 4.99. The van der Waals surface area contributed by atoms with Crippen LogP contribution in [0.1, 0.15) is 79.6 Å². The Labute approximate surface area is 127 Å². The summed E-state index contributed by atoms with van der Waals surface area (Å²) in [6, 6.07) is 0.533. The Bertz CT molecular complexity index is 252. The maximum Gasteiger partial charge on any atom is 0.0733 e. The molecule has 2 heteroatoms. The lowest BCUT2D eigenvalue weighted by Gasteiger charge is -2.32. The molecule has 20 heavy (non-hydrogen) atoms. The Morgan fingerprint density at radius 1 is 1.20 bits per heavy atom. The fraction of sp³-hybridized carbons (Fsp3) is 1.00. The SMILES string of the molecule is CCCCC(CC)COC1CCC(C)(C)C1NCCC. The summed E-state index contributed by atoms with van der Waals surface area (Å²) >= 11 is 0. The zero-order chi connectivity index (χ0) is 15.0. The van der Waals surface area contributed by atoms with Crippen molar-refractivity contribution >= 4 is 0 Å². The van der Waals surface area contributed by atoms with E-state index in [2.05, 4.69) is 39.9 Å². The third kappa shape index (κ3) is 5.37. The summed E-state index contributed by atoms with van der Waals surface area (Å²) in [6.45, 7) is 13.7. The van der Waals surface area contributed by atoms with Crippen molar-refractivity contribution in [2.45, 2.75) is 91.7 Å². The number of unbranched alkanes of at least 4 members (excludes halogenated alkanes) is 1. The average Bonchev–Trinajstić information content (AvgIpc) is 2.71. The van der Waals surface area contributed by atoms with Gasteiger partial charge in [0, 0.05) is 12.6 Å². The van der Waals surface area contributed by atoms with Gasteiger partial charge in [0.25, 0.3) is 0 Å². The molecule has 0 aromatic rings. The first kappa shape index (κ1) is 18.0. The lowest BCUT2D eigenvalue weighted by molar-refractivity contribution is 0.00448. The molecule has 1 rings (SSSR count). The van der Waals surface area contributed by atoms with Crippen LogP contribution in [0.25, 0.3) is 0 Å². The van der Waals surface area contributed by atoms with E-state index in [1.54, 1.807) is 0 Å². The molecule has 0 radical (unpaired) electrons. The van der Waals surface area contributed by atoms with E-state index in [0.717, 1.165) is 19.1 Å². The molecule has 1 fully saturated rings. The van der Waals surface area contributed by atoms with Gasteiger partial charge in [0.2, 0.25) is 0 Å². The maximum absolute atomic E-state index is 6.34. The average molecular weight is 284 g/mol. The van der Waals surface area contributed by atoms with Gasteiger partial charge in [-0.2, -0.15) is 0 Å². The first-order valence-electron chi connectivity index (χ1n) is 8.90. The number of rotatable bonds is 10. The summed E-state index contributed by atoms with van der Waals surface area (Å²) in [5.74, 6) is 0.755. The fourth-order valence-corrected chi connectivity index (χ4v) is 3.38. The van der Waals surface area contributed by atoms with Crippen LogP contribution in [0.2, 0.25) is 0 Å². The van der Waals surface area contributed by atoms with Gasteiger partial charge in [-0.25, -0.2) is 0 Å². The fourth-order valence-electron chi connectivity index (χ4n) is 3.38. The van der Waals surface area contributed by atoms with E-state index in [-0.39, 0.29) is 0 Å². The summed E-state index contributed by atoms with van der Waals surface area (Å²) < 4.78 is 6.34. The maximum atomic E-state index is 6.34. The number of hydrogen-bond donors (Lipinski definition) is 1. The smallest absolute Gasteiger partial charge is 0.0733 e. The van der Waals surface area contributed by atoms with Crippen LogP contribution < -0.4 is 5.32 Å². The molecule has 1 aliphatic rings. The molecule has 1 aliphatic carbocycles. The topological polar surface area (TPSA) is 21.3 Å². The van der Waals surface area contributed by atoms with Crippen LogP contribution in [0.4, 0.5) is 0 Å². The van der Waals surface area contributed by atoms with Crippen LogP contribution in [-0.4, -0.2) is 25.3 Å². The van der Waals surface area contributed by atoms with E-state index in [1.807, 2.05) is 0 Å². The molecule has 1 saturated carbocycles. The summed E-state index contributed by atoms with van der Waals surface area (Å²) in [7, 11) is 0. The van der Waals surface area contributed by atoms with Crippen molar-refractivity contribution in [1.29, 1.82) is 0 Å². The molecule has 0 saturated heterocycles. The summed E-state index contributed by atoms with van der Waals surface area (Å²) in [6.07, 6.45) is 9.35. The van der Waals surface area contributed by atoms with Gasteiger partial charge in [-0.15, -0.1) is 0 Å². The second-order valence-electron chi connectivity index (χ2n) is 7.25. The molecule has 1 N–H and O–H groups in total. The molecule has 0 aromatic carbocycles. The van der Waals surface area contributed by atoms with Crippen LogP contribution in [0.15, 0.2) is 0 Å². The highest BCUT2D eigenvalue weighted by molar-refractivity contribution is 4.97. The van der Waals surface area contributed by atoms with Gasteiger partial charge in [0.05, 0.1) is 6.10 Å². The van der Waals surface area contributed by atoms with Crippen molar-refractivity contribution in [2.24, 2.45) is 11.3 Å². The lowest BCUT2D eigenvalue weighted by Crippen LogP contribution is -2.46. The largest absolute Gasteiger partial charge is 0.376 e. The minimum atomic E-state index is 0.380. The van der Waals surface area contributed by atoms with E-state index >= 15 is 0 Å². The molecule has 0 aromatic heterocycles. The predicted octanol–water partition coefficient (Wildman–Crippen LogP) is 4.78. The Hall–Kier alpha value is -0.0800. The number of nitrogens with one attached hydrogen (secondary N) is 1. The molecule has 0 spiro atoms. The molecule has 120 valence electrons. The summed E-state index contributed by atoms with van der Waals surface area (Å²) in [4.78, 5) is 0. The third-order valence-electron chi connectivity index (χ3n) is 4.99. The van der Waals surface area contributed by atoms with Gasteiger partial charge < -0.3 is 10.1 Å². The Kier molecular flexibility index (Phi) is 8.13. The van der Waals surface area contributed by atoms with Gasteiger partial charge in [-0.05, 0) is 43.6 Å². The van der Waals surface area contributed by atoms with Crippen molar-refractivity contribution in [1.82, 2.24) is 5.32 Å². The minimum Gasteiger partial charge on any atom is -0.376 e. The molecule has 3 atom stereocenters. The highest BCUT2D eigenvalue weighted by Crippen LogP contribution is 2.39. The van der Waals surface area contributed by atoms with Crippen LogP contribution in [0.5, 0.6) is 0 Å². The Morgan fingerprint density at radius 2 is 1.95 bits per heavy atom. The normalized spacial score (nSPS) is 26.9. The van der Waals surface area contributed by atoms with Crippen LogP contribution in [0.3, 0.4) is 0 Å². The van der Waals surface area contributed by atoms with Gasteiger partial charge in [0.1, 0.15) is 0 Å². The first-order chi connectivity index (χ1) is 9.55. The molecule has 3 unspecified atom stereocenters. The highest BCUT2D eigenvalue weighted by Gasteiger charge is 2.42. The molecular weight excluding hydrogens is 246 g/mol. The molecule has 0 heterocycles. The highest BCUT2D eigenvalue weighted by atomic mass is 16.5. The number of ether oxygens (including phenoxy) is 1. The van der Waals surface area contributed by atoms with E-state index in [0.29, 0.717) is 17.6 Å². The van der Waals surface area contributed by atoms with Crippen molar-refractivity contribution < 1.29 is 4.74 Å². The van der Waals surface area contributed by atoms with Crippen LogP contribution in [0, 0.1) is 11.3 Å². The van der Waals surface area contributed by atoms with Crippen LogP contribution >= 0.6 is 0 Å². The second-order valence-corrected chi connectivity index (χ2v) is 7.25. The van der Waals surface area contributed by atoms with Crippen molar-refractivity contribution in [2.75, 3.05) is 13.2 Å². The van der Waals surface area contributed by atoms with Gasteiger partial charge in [-0.1, -0.05) is 53.9 Å². The molecule has 0 aliphatic heterocycles. The summed E-state index contributed by atoms with van der Waals surface area (Å²) in [5.41, 5.74) is 0.380. The van der Waals surface area contributed by atoms with E-state index in [4.69, 9.17) is 4.74 Å². The van der Waals surface area contributed by atoms with Gasteiger partial charge in [0.15, 0.2) is 0 Å². The molecule has 0 amide bonds. The molecular formula is C18H37NO. The quantitative estimate of drug-likeness (QED) is 0.623. The zero-order valence-electron chi connectivity index (χ0n) is 14.5. The zero-order valence-corrected chi connectivity index (χ0v) is 14.5. The van der Waals surface area contributed by atoms with E-state index in [1.165, 1.54) is 44.9 Å². The molecule has 2 nitrogen and oxygen atoms in total. The van der Waals surface area contributed by atoms with Crippen molar-refractivity contribution in [3.05, 3.63) is 0 Å². The van der Waals surface area contributed by atoms with Crippen LogP contribution in [-0.2, 0) is 4.74 Å². The first-order valence-corrected chi connectivity index (χ1v) is 8.90. The Balaban J connectivity index is 2.44. The summed E-state index contributed by atoms with van der Waals surface area (Å²) in [5, 5.41) is 3.73. The molecule has 0 bridgehead atoms. The van der Waals surface area contributed by atoms with E-state index in [9.17, 15) is 0 Å². The van der Waals surface area contributed by atoms with E-state index < -0.39 is 0 Å². The van der Waals surface area contributed by atoms with Gasteiger partial charge in [-0.3, -0.25) is 0 Å². The standard InChI is InChI=1S/C18H37NO/c1-6-9-10-15(8-3)14-20-16-11-12-18(4,5)17(16)19-13-7-2/h15-17,19H,6-14H2,1-5H3. The Morgan fingerprint density at radius 3 is 2.55 bits per heavy atom. The minimum absolute atomic E-state index is 0.380. The predicted molar refractivity (Wildman–Crippen MR) is 88.1 cm³/mol. The van der Waals surface area contributed by atoms with Crippen molar-refractivity contribution in [3.63, 3.8) is 0 Å². The monoisotopic (exact) mass is 283 g/mol. The lowest BCUT2D eigenvalue weighted by atomic mass is 9.87. The number of hydrogen-bond acceptors (Lipinski definition) is 2. The second kappa shape index (κ2) is 9.04. The van der Waals surface area contributed by atoms with Gasteiger partial charge >= 0.3 is 0 Å².